The number of hydrogen-bond acceptors (Lipinski definition) is 3. The van der Waals surface area contributed by atoms with Crippen molar-refractivity contribution >= 4 is 33.2 Å². The number of aliphatic imine (C=N–C) groups is 1. The molecule has 25 heavy (non-hydrogen) atoms. The van der Waals surface area contributed by atoms with Crippen molar-refractivity contribution in [3.05, 3.63) is 77.6 Å². The predicted molar refractivity (Wildman–Crippen MR) is 101 cm³/mol. The SMILES string of the molecule is C#Cc1ccc(C2=Nc3c(c4cccnc4c4ncccc34)C2)cc1. The van der Waals surface area contributed by atoms with E-state index in [0.717, 1.165) is 50.8 Å². The first kappa shape index (κ1) is 13.9. The number of hydrogen-bond donors (Lipinski definition) is 0. The van der Waals surface area contributed by atoms with Gasteiger partial charge >= 0.3 is 0 Å². The van der Waals surface area contributed by atoms with Gasteiger partial charge in [-0.3, -0.25) is 15.0 Å². The van der Waals surface area contributed by atoms with Crippen molar-refractivity contribution in [3.8, 4) is 12.3 Å². The molecule has 2 aromatic carbocycles. The lowest BCUT2D eigenvalue weighted by molar-refractivity contribution is 1.35. The van der Waals surface area contributed by atoms with E-state index in [1.54, 1.807) is 6.20 Å². The molecule has 0 radical (unpaired) electrons. The van der Waals surface area contributed by atoms with Gasteiger partial charge in [-0.2, -0.15) is 0 Å². The Hall–Kier alpha value is -3.51. The summed E-state index contributed by atoms with van der Waals surface area (Å²) in [4.78, 5) is 14.1. The molecule has 4 aromatic rings. The number of benzene rings is 2. The third-order valence-electron chi connectivity index (χ3n) is 4.68. The van der Waals surface area contributed by atoms with Crippen molar-refractivity contribution in [2.24, 2.45) is 4.99 Å². The molecule has 2 aromatic heterocycles. The van der Waals surface area contributed by atoms with E-state index < -0.39 is 0 Å². The molecule has 0 aliphatic carbocycles. The minimum atomic E-state index is 0.789. The third-order valence-corrected chi connectivity index (χ3v) is 4.68. The molecule has 0 unspecified atom stereocenters. The zero-order chi connectivity index (χ0) is 16.8. The van der Waals surface area contributed by atoms with Crippen LogP contribution in [-0.2, 0) is 6.42 Å². The molecule has 3 heterocycles. The molecule has 0 spiro atoms. The van der Waals surface area contributed by atoms with Crippen molar-refractivity contribution < 1.29 is 0 Å². The van der Waals surface area contributed by atoms with Crippen molar-refractivity contribution in [2.75, 3.05) is 0 Å². The molecule has 3 nitrogen and oxygen atoms in total. The number of aromatic nitrogens is 2. The highest BCUT2D eigenvalue weighted by molar-refractivity contribution is 6.18. The Labute approximate surface area is 145 Å². The number of fused-ring (bicyclic) bond motifs is 6. The van der Waals surface area contributed by atoms with Crippen molar-refractivity contribution in [1.82, 2.24) is 9.97 Å². The molecule has 3 heteroatoms. The molecular formula is C22H13N3. The number of terminal acetylenes is 1. The largest absolute Gasteiger partial charge is 0.254 e. The molecular weight excluding hydrogens is 306 g/mol. The normalized spacial score (nSPS) is 12.8. The van der Waals surface area contributed by atoms with Crippen molar-refractivity contribution in [2.45, 2.75) is 6.42 Å². The van der Waals surface area contributed by atoms with Gasteiger partial charge in [0.05, 0.1) is 22.4 Å². The van der Waals surface area contributed by atoms with Crippen LogP contribution in [0.1, 0.15) is 16.7 Å². The molecule has 116 valence electrons. The van der Waals surface area contributed by atoms with E-state index in [0.29, 0.717) is 0 Å². The summed E-state index contributed by atoms with van der Waals surface area (Å²) in [6.45, 7) is 0. The molecule has 0 amide bonds. The van der Waals surface area contributed by atoms with Gasteiger partial charge in [-0.1, -0.05) is 24.1 Å². The van der Waals surface area contributed by atoms with Crippen molar-refractivity contribution in [3.63, 3.8) is 0 Å². The lowest BCUT2D eigenvalue weighted by Crippen LogP contribution is -2.00. The molecule has 0 saturated heterocycles. The van der Waals surface area contributed by atoms with Gasteiger partial charge in [-0.15, -0.1) is 6.42 Å². The van der Waals surface area contributed by atoms with Gasteiger partial charge in [0.1, 0.15) is 0 Å². The van der Waals surface area contributed by atoms with Gasteiger partial charge in [0.25, 0.3) is 0 Å². The van der Waals surface area contributed by atoms with Gasteiger partial charge in [0, 0.05) is 35.2 Å². The summed E-state index contributed by atoms with van der Waals surface area (Å²) in [6, 6.07) is 16.1. The standard InChI is InChI=1S/C22H13N3/c1-2-14-7-9-15(10-8-14)19-13-18-16-5-3-11-23-21(16)22-17(20(18)25-19)6-4-12-24-22/h1,3-12H,13H2. The molecule has 0 bridgehead atoms. The van der Waals surface area contributed by atoms with E-state index in [2.05, 4.69) is 28.0 Å². The van der Waals surface area contributed by atoms with Crippen LogP contribution in [0, 0.1) is 12.3 Å². The highest BCUT2D eigenvalue weighted by atomic mass is 14.8. The minimum absolute atomic E-state index is 0.789. The topological polar surface area (TPSA) is 38.1 Å². The third kappa shape index (κ3) is 2.05. The fourth-order valence-electron chi connectivity index (χ4n) is 3.49. The summed E-state index contributed by atoms with van der Waals surface area (Å²) in [5, 5.41) is 2.18. The average molecular weight is 319 g/mol. The predicted octanol–water partition coefficient (Wildman–Crippen LogP) is 4.44. The van der Waals surface area contributed by atoms with Crippen LogP contribution in [0.5, 0.6) is 0 Å². The molecule has 5 rings (SSSR count). The summed E-state index contributed by atoms with van der Waals surface area (Å²) in [6.07, 6.45) is 9.87. The van der Waals surface area contributed by atoms with Crippen LogP contribution in [0.25, 0.3) is 21.8 Å². The van der Waals surface area contributed by atoms with E-state index in [1.807, 2.05) is 42.6 Å². The van der Waals surface area contributed by atoms with Crippen LogP contribution in [0.15, 0.2) is 65.9 Å². The maximum atomic E-state index is 5.45. The summed E-state index contributed by atoms with van der Waals surface area (Å²) in [5.74, 6) is 2.65. The average Bonchev–Trinajstić information content (AvgIpc) is 3.14. The van der Waals surface area contributed by atoms with Crippen molar-refractivity contribution in [1.29, 1.82) is 0 Å². The Morgan fingerprint density at radius 1 is 0.840 bits per heavy atom. The summed E-state index contributed by atoms with van der Waals surface area (Å²) in [5.41, 5.74) is 7.12. The fourth-order valence-corrected chi connectivity index (χ4v) is 3.49. The highest BCUT2D eigenvalue weighted by Crippen LogP contribution is 2.40. The quantitative estimate of drug-likeness (QED) is 0.384. The first-order valence-electron chi connectivity index (χ1n) is 8.14. The van der Waals surface area contributed by atoms with Crippen LogP contribution < -0.4 is 0 Å². The van der Waals surface area contributed by atoms with E-state index in [9.17, 15) is 0 Å². The Balaban J connectivity index is 1.76. The maximum Gasteiger partial charge on any atom is 0.0986 e. The van der Waals surface area contributed by atoms with Gasteiger partial charge in [0.2, 0.25) is 0 Å². The maximum absolute atomic E-state index is 5.45. The van der Waals surface area contributed by atoms with Crippen LogP contribution in [0.4, 0.5) is 5.69 Å². The van der Waals surface area contributed by atoms with Gasteiger partial charge in [-0.05, 0) is 41.5 Å². The Morgan fingerprint density at radius 3 is 2.24 bits per heavy atom. The Morgan fingerprint density at radius 2 is 1.52 bits per heavy atom. The second-order valence-corrected chi connectivity index (χ2v) is 6.08. The van der Waals surface area contributed by atoms with Crippen LogP contribution in [0.2, 0.25) is 0 Å². The highest BCUT2D eigenvalue weighted by Gasteiger charge is 2.22. The van der Waals surface area contributed by atoms with Gasteiger partial charge in [-0.25, -0.2) is 0 Å². The number of rotatable bonds is 1. The number of pyridine rings is 2. The second-order valence-electron chi connectivity index (χ2n) is 6.08. The first-order valence-corrected chi connectivity index (χ1v) is 8.14. The molecule has 0 saturated carbocycles. The lowest BCUT2D eigenvalue weighted by Gasteiger charge is -2.08. The lowest BCUT2D eigenvalue weighted by atomic mass is 9.97. The van der Waals surface area contributed by atoms with Gasteiger partial charge in [0.15, 0.2) is 0 Å². The minimum Gasteiger partial charge on any atom is -0.254 e. The van der Waals surface area contributed by atoms with Crippen LogP contribution in [0.3, 0.4) is 0 Å². The zero-order valence-electron chi connectivity index (χ0n) is 13.4. The molecule has 0 atom stereocenters. The summed E-state index contributed by atoms with van der Waals surface area (Å²) < 4.78 is 0. The molecule has 0 fully saturated rings. The molecule has 1 aliphatic rings. The summed E-state index contributed by atoms with van der Waals surface area (Å²) in [7, 11) is 0. The molecule has 0 N–H and O–H groups in total. The fraction of sp³-hybridized carbons (Fsp3) is 0.0455. The molecule has 1 aliphatic heterocycles. The monoisotopic (exact) mass is 319 g/mol. The Bertz CT molecular complexity index is 1210. The summed E-state index contributed by atoms with van der Waals surface area (Å²) >= 11 is 0. The van der Waals surface area contributed by atoms with Gasteiger partial charge < -0.3 is 0 Å². The van der Waals surface area contributed by atoms with E-state index in [1.165, 1.54) is 5.56 Å². The smallest absolute Gasteiger partial charge is 0.0986 e. The van der Waals surface area contributed by atoms with Crippen LogP contribution >= 0.6 is 0 Å². The van der Waals surface area contributed by atoms with E-state index >= 15 is 0 Å². The van der Waals surface area contributed by atoms with E-state index in [-0.39, 0.29) is 0 Å². The first-order chi connectivity index (χ1) is 12.3. The zero-order valence-corrected chi connectivity index (χ0v) is 13.4. The number of nitrogens with zero attached hydrogens (tertiary/aromatic N) is 3. The van der Waals surface area contributed by atoms with E-state index in [4.69, 9.17) is 11.4 Å². The Kier molecular flexibility index (Phi) is 2.92. The van der Waals surface area contributed by atoms with Crippen LogP contribution in [-0.4, -0.2) is 15.7 Å². The second kappa shape index (κ2) is 5.25.